The molecule has 0 fully saturated rings. The van der Waals surface area contributed by atoms with Crippen LogP contribution in [0, 0.1) is 6.92 Å². The lowest BCUT2D eigenvalue weighted by Gasteiger charge is -2.15. The van der Waals surface area contributed by atoms with Crippen LogP contribution < -0.4 is 10.0 Å². The number of hydrogen-bond acceptors (Lipinski definition) is 4. The Labute approximate surface area is 96.3 Å². The summed E-state index contributed by atoms with van der Waals surface area (Å²) in [5.74, 6) is 0. The van der Waals surface area contributed by atoms with Crippen LogP contribution in [0.3, 0.4) is 0 Å². The summed E-state index contributed by atoms with van der Waals surface area (Å²) in [6.45, 7) is 3.89. The van der Waals surface area contributed by atoms with Crippen molar-refractivity contribution in [2.45, 2.75) is 19.1 Å². The van der Waals surface area contributed by atoms with Crippen molar-refractivity contribution in [2.24, 2.45) is 0 Å². The fraction of sp³-hybridized carbons (Fsp3) is 0.500. The minimum absolute atomic E-state index is 0.416. The van der Waals surface area contributed by atoms with Crippen molar-refractivity contribution in [3.8, 4) is 0 Å². The van der Waals surface area contributed by atoms with Gasteiger partial charge < -0.3 is 5.32 Å². The molecule has 0 spiro atoms. The van der Waals surface area contributed by atoms with Crippen molar-refractivity contribution in [3.63, 3.8) is 0 Å². The van der Waals surface area contributed by atoms with Crippen LogP contribution in [0.15, 0.2) is 18.5 Å². The van der Waals surface area contributed by atoms with Gasteiger partial charge in [0.1, 0.15) is 0 Å². The number of rotatable bonds is 5. The highest BCUT2D eigenvalue weighted by molar-refractivity contribution is 7.93. The lowest BCUT2D eigenvalue weighted by molar-refractivity contribution is 0.583. The molecule has 1 heterocycles. The maximum atomic E-state index is 11.9. The number of anilines is 1. The summed E-state index contributed by atoms with van der Waals surface area (Å²) < 4.78 is 26.3. The Hall–Kier alpha value is -1.14. The highest BCUT2D eigenvalue weighted by Crippen LogP contribution is 2.15. The molecule has 0 saturated heterocycles. The zero-order valence-corrected chi connectivity index (χ0v) is 10.5. The van der Waals surface area contributed by atoms with Crippen molar-refractivity contribution >= 4 is 15.7 Å². The number of aromatic nitrogens is 1. The van der Waals surface area contributed by atoms with Crippen molar-refractivity contribution in [3.05, 3.63) is 24.0 Å². The molecule has 0 aromatic carbocycles. The molecule has 1 aromatic rings. The predicted octanol–water partition coefficient (Wildman–Crippen LogP) is 0.740. The molecular formula is C10H17N3O2S. The van der Waals surface area contributed by atoms with E-state index in [0.29, 0.717) is 12.2 Å². The second-order valence-corrected chi connectivity index (χ2v) is 5.80. The molecule has 1 rings (SSSR count). The molecule has 0 bridgehead atoms. The first-order valence-corrected chi connectivity index (χ1v) is 6.59. The number of pyridine rings is 1. The normalized spacial score (nSPS) is 13.4. The van der Waals surface area contributed by atoms with Crippen LogP contribution in [0.5, 0.6) is 0 Å². The fourth-order valence-corrected chi connectivity index (χ4v) is 2.36. The second-order valence-electron chi connectivity index (χ2n) is 3.71. The Morgan fingerprint density at radius 1 is 1.50 bits per heavy atom. The number of aryl methyl sites for hydroxylation is 1. The summed E-state index contributed by atoms with van der Waals surface area (Å²) in [5, 5.41) is 2.36. The third-order valence-corrected chi connectivity index (χ3v) is 4.02. The lowest BCUT2D eigenvalue weighted by Crippen LogP contribution is -2.33. The Bertz CT molecular complexity index is 445. The van der Waals surface area contributed by atoms with E-state index in [4.69, 9.17) is 0 Å². The Kier molecular flexibility index (Phi) is 4.26. The first-order valence-electron chi connectivity index (χ1n) is 5.04. The van der Waals surface area contributed by atoms with Gasteiger partial charge >= 0.3 is 0 Å². The maximum absolute atomic E-state index is 11.9. The molecule has 0 aliphatic heterocycles. The molecule has 0 radical (unpaired) electrons. The summed E-state index contributed by atoms with van der Waals surface area (Å²) in [7, 11) is -1.61. The predicted molar refractivity (Wildman–Crippen MR) is 64.9 cm³/mol. The Morgan fingerprint density at radius 2 is 2.19 bits per heavy atom. The average Bonchev–Trinajstić information content (AvgIpc) is 2.21. The standard InChI is InChI=1S/C10H17N3O2S/c1-8-6-12-5-4-10(8)13-16(14,15)9(2)7-11-3/h4-6,9,11H,7H2,1-3H3,(H,12,13). The van der Waals surface area contributed by atoms with Crippen LogP contribution in [-0.4, -0.2) is 32.2 Å². The third-order valence-electron chi connectivity index (χ3n) is 2.29. The highest BCUT2D eigenvalue weighted by Gasteiger charge is 2.20. The molecule has 16 heavy (non-hydrogen) atoms. The summed E-state index contributed by atoms with van der Waals surface area (Å²) >= 11 is 0. The van der Waals surface area contributed by atoms with Crippen molar-refractivity contribution in [1.29, 1.82) is 0 Å². The topological polar surface area (TPSA) is 71.1 Å². The van der Waals surface area contributed by atoms with Gasteiger partial charge in [0, 0.05) is 18.9 Å². The number of nitrogens with zero attached hydrogens (tertiary/aromatic N) is 1. The molecule has 1 atom stereocenters. The second kappa shape index (κ2) is 5.27. The van der Waals surface area contributed by atoms with Gasteiger partial charge in [0.15, 0.2) is 0 Å². The molecule has 90 valence electrons. The largest absolute Gasteiger partial charge is 0.318 e. The summed E-state index contributed by atoms with van der Waals surface area (Å²) in [6, 6.07) is 1.65. The molecule has 0 saturated carbocycles. The van der Waals surface area contributed by atoms with Gasteiger partial charge in [0.25, 0.3) is 0 Å². The van der Waals surface area contributed by atoms with E-state index in [2.05, 4.69) is 15.0 Å². The summed E-state index contributed by atoms with van der Waals surface area (Å²) in [4.78, 5) is 3.91. The van der Waals surface area contributed by atoms with E-state index in [1.54, 1.807) is 32.4 Å². The third kappa shape index (κ3) is 3.18. The quantitative estimate of drug-likeness (QED) is 0.800. The Morgan fingerprint density at radius 3 is 2.75 bits per heavy atom. The summed E-state index contributed by atoms with van der Waals surface area (Å²) in [6.07, 6.45) is 3.19. The van der Waals surface area contributed by atoms with Crippen molar-refractivity contribution < 1.29 is 8.42 Å². The zero-order valence-electron chi connectivity index (χ0n) is 9.69. The van der Waals surface area contributed by atoms with E-state index in [1.807, 2.05) is 6.92 Å². The molecule has 5 nitrogen and oxygen atoms in total. The van der Waals surface area contributed by atoms with Crippen LogP contribution in [0.4, 0.5) is 5.69 Å². The first kappa shape index (κ1) is 12.9. The molecule has 0 aliphatic carbocycles. The minimum atomic E-state index is -3.34. The van der Waals surface area contributed by atoms with Gasteiger partial charge in [-0.05, 0) is 32.5 Å². The van der Waals surface area contributed by atoms with E-state index >= 15 is 0 Å². The molecule has 6 heteroatoms. The van der Waals surface area contributed by atoms with E-state index < -0.39 is 15.3 Å². The Balaban J connectivity index is 2.85. The molecule has 2 N–H and O–H groups in total. The van der Waals surface area contributed by atoms with Gasteiger partial charge in [0.2, 0.25) is 10.0 Å². The lowest BCUT2D eigenvalue weighted by atomic mass is 10.3. The smallest absolute Gasteiger partial charge is 0.236 e. The van der Waals surface area contributed by atoms with Crippen LogP contribution in [0.25, 0.3) is 0 Å². The van der Waals surface area contributed by atoms with Crippen LogP contribution in [0.2, 0.25) is 0 Å². The van der Waals surface area contributed by atoms with Crippen LogP contribution in [0.1, 0.15) is 12.5 Å². The van der Waals surface area contributed by atoms with Crippen LogP contribution in [-0.2, 0) is 10.0 Å². The van der Waals surface area contributed by atoms with E-state index in [0.717, 1.165) is 5.56 Å². The van der Waals surface area contributed by atoms with Gasteiger partial charge in [-0.1, -0.05) is 0 Å². The van der Waals surface area contributed by atoms with Gasteiger partial charge in [-0.25, -0.2) is 8.42 Å². The molecule has 0 amide bonds. The monoisotopic (exact) mass is 243 g/mol. The van der Waals surface area contributed by atoms with E-state index in [1.165, 1.54) is 0 Å². The maximum Gasteiger partial charge on any atom is 0.236 e. The van der Waals surface area contributed by atoms with Gasteiger partial charge in [0.05, 0.1) is 10.9 Å². The SMILES string of the molecule is CNCC(C)S(=O)(=O)Nc1ccncc1C. The number of hydrogen-bond donors (Lipinski definition) is 2. The van der Waals surface area contributed by atoms with Crippen LogP contribution >= 0.6 is 0 Å². The minimum Gasteiger partial charge on any atom is -0.318 e. The van der Waals surface area contributed by atoms with Gasteiger partial charge in [-0.3, -0.25) is 9.71 Å². The fourth-order valence-electron chi connectivity index (χ4n) is 1.24. The number of nitrogens with one attached hydrogen (secondary N) is 2. The number of sulfonamides is 1. The van der Waals surface area contributed by atoms with E-state index in [9.17, 15) is 8.42 Å². The first-order chi connectivity index (χ1) is 7.47. The zero-order chi connectivity index (χ0) is 12.2. The van der Waals surface area contributed by atoms with Crippen molar-refractivity contribution in [2.75, 3.05) is 18.3 Å². The van der Waals surface area contributed by atoms with Crippen molar-refractivity contribution in [1.82, 2.24) is 10.3 Å². The molecular weight excluding hydrogens is 226 g/mol. The molecule has 0 aliphatic rings. The van der Waals surface area contributed by atoms with Gasteiger partial charge in [-0.2, -0.15) is 0 Å². The average molecular weight is 243 g/mol. The molecule has 1 aromatic heterocycles. The van der Waals surface area contributed by atoms with Gasteiger partial charge in [-0.15, -0.1) is 0 Å². The van der Waals surface area contributed by atoms with E-state index in [-0.39, 0.29) is 0 Å². The molecule has 1 unspecified atom stereocenters. The highest BCUT2D eigenvalue weighted by atomic mass is 32.2. The summed E-state index contributed by atoms with van der Waals surface area (Å²) in [5.41, 5.74) is 1.39.